The van der Waals surface area contributed by atoms with Gasteiger partial charge in [0.15, 0.2) is 0 Å². The van der Waals surface area contributed by atoms with Gasteiger partial charge in [-0.25, -0.2) is 0 Å². The largest absolute Gasteiger partial charge is 0.416 e. The van der Waals surface area contributed by atoms with Gasteiger partial charge < -0.3 is 9.80 Å². The third-order valence-electron chi connectivity index (χ3n) is 4.82. The highest BCUT2D eigenvalue weighted by Gasteiger charge is 2.34. The van der Waals surface area contributed by atoms with Gasteiger partial charge in [0.1, 0.15) is 12.2 Å². The molecule has 0 aromatic heterocycles. The van der Waals surface area contributed by atoms with Crippen molar-refractivity contribution in [1.82, 2.24) is 0 Å². The molecule has 9 heteroatoms. The van der Waals surface area contributed by atoms with Crippen LogP contribution in [0.4, 0.5) is 24.5 Å². The van der Waals surface area contributed by atoms with Crippen molar-refractivity contribution in [2.24, 2.45) is 0 Å². The predicted octanol–water partition coefficient (Wildman–Crippen LogP) is 2.39. The van der Waals surface area contributed by atoms with Crippen molar-refractivity contribution in [3.05, 3.63) is 69.3 Å². The average Bonchev–Trinajstić information content (AvgIpc) is 2.67. The molecule has 146 valence electrons. The summed E-state index contributed by atoms with van der Waals surface area (Å²) in [7, 11) is 0. The summed E-state index contributed by atoms with van der Waals surface area (Å²) < 4.78 is 38.6. The normalized spacial score (nSPS) is 15.3. The van der Waals surface area contributed by atoms with Gasteiger partial charge in [-0.1, -0.05) is 12.1 Å². The summed E-state index contributed by atoms with van der Waals surface area (Å²) in [5.41, 5.74) is 0.284. The summed E-state index contributed by atoms with van der Waals surface area (Å²) in [4.78, 5) is 13.5. The third-order valence-corrected chi connectivity index (χ3v) is 4.82. The van der Waals surface area contributed by atoms with Crippen molar-refractivity contribution in [3.8, 4) is 6.07 Å². The second kappa shape index (κ2) is 7.86. The first-order valence-electron chi connectivity index (χ1n) is 8.71. The van der Waals surface area contributed by atoms with Gasteiger partial charge in [-0.05, 0) is 24.3 Å². The number of nitriles is 1. The lowest BCUT2D eigenvalue weighted by molar-refractivity contribution is -0.914. The van der Waals surface area contributed by atoms with E-state index in [2.05, 4.69) is 6.07 Å². The zero-order chi connectivity index (χ0) is 20.3. The number of rotatable bonds is 4. The molecule has 1 fully saturated rings. The van der Waals surface area contributed by atoms with E-state index in [0.29, 0.717) is 37.8 Å². The number of benzene rings is 2. The molecule has 2 aromatic rings. The average molecular weight is 391 g/mol. The number of piperazine rings is 1. The van der Waals surface area contributed by atoms with E-state index in [0.717, 1.165) is 18.2 Å². The zero-order valence-electron chi connectivity index (χ0n) is 14.9. The smallest absolute Gasteiger partial charge is 0.355 e. The molecule has 2 aromatic carbocycles. The fourth-order valence-electron chi connectivity index (χ4n) is 3.39. The molecule has 0 unspecified atom stereocenters. The minimum atomic E-state index is -4.62. The van der Waals surface area contributed by atoms with E-state index in [1.165, 1.54) is 11.0 Å². The molecule has 0 radical (unpaired) electrons. The number of alkyl halides is 3. The number of nitrogens with one attached hydrogen (secondary N) is 1. The van der Waals surface area contributed by atoms with Crippen LogP contribution >= 0.6 is 0 Å². The lowest BCUT2D eigenvalue weighted by Crippen LogP contribution is -3.13. The van der Waals surface area contributed by atoms with Crippen molar-refractivity contribution in [3.63, 3.8) is 0 Å². The summed E-state index contributed by atoms with van der Waals surface area (Å²) in [5.74, 6) is 0. The van der Waals surface area contributed by atoms with Crippen LogP contribution < -0.4 is 9.80 Å². The molecule has 0 atom stereocenters. The Morgan fingerprint density at radius 3 is 2.50 bits per heavy atom. The van der Waals surface area contributed by atoms with Gasteiger partial charge in [0.2, 0.25) is 0 Å². The lowest BCUT2D eigenvalue weighted by atomic mass is 10.1. The van der Waals surface area contributed by atoms with Crippen LogP contribution in [0.5, 0.6) is 0 Å². The minimum Gasteiger partial charge on any atom is -0.355 e. The fourth-order valence-corrected chi connectivity index (χ4v) is 3.39. The maximum absolute atomic E-state index is 12.9. The van der Waals surface area contributed by atoms with Gasteiger partial charge >= 0.3 is 6.18 Å². The topological polar surface area (TPSA) is 74.6 Å². The highest BCUT2D eigenvalue weighted by atomic mass is 19.4. The summed E-state index contributed by atoms with van der Waals surface area (Å²) in [6, 6.07) is 12.1. The van der Waals surface area contributed by atoms with E-state index in [-0.39, 0.29) is 5.69 Å². The van der Waals surface area contributed by atoms with Crippen LogP contribution in [-0.4, -0.2) is 31.1 Å². The number of hydrogen-bond acceptors (Lipinski definition) is 4. The van der Waals surface area contributed by atoms with Crippen LogP contribution in [0.1, 0.15) is 16.7 Å². The van der Waals surface area contributed by atoms with E-state index in [1.54, 1.807) is 11.0 Å². The molecule has 1 heterocycles. The van der Waals surface area contributed by atoms with Crippen molar-refractivity contribution < 1.29 is 23.0 Å². The molecular weight excluding hydrogens is 373 g/mol. The van der Waals surface area contributed by atoms with Crippen molar-refractivity contribution in [2.75, 3.05) is 31.1 Å². The first kappa shape index (κ1) is 19.6. The Hall–Kier alpha value is -3.12. The maximum atomic E-state index is 12.9. The Kier molecular flexibility index (Phi) is 5.51. The molecule has 0 aliphatic carbocycles. The molecule has 0 spiro atoms. The van der Waals surface area contributed by atoms with E-state index >= 15 is 0 Å². The molecule has 28 heavy (non-hydrogen) atoms. The van der Waals surface area contributed by atoms with E-state index < -0.39 is 22.4 Å². The molecule has 1 aliphatic rings. The highest BCUT2D eigenvalue weighted by molar-refractivity contribution is 5.64. The Bertz CT molecular complexity index is 916. The van der Waals surface area contributed by atoms with Gasteiger partial charge in [-0.3, -0.25) is 10.1 Å². The van der Waals surface area contributed by atoms with Crippen molar-refractivity contribution >= 4 is 11.4 Å². The Labute approximate surface area is 159 Å². The Balaban J connectivity index is 1.71. The second-order valence-electron chi connectivity index (χ2n) is 6.68. The first-order chi connectivity index (χ1) is 13.3. The number of halogens is 3. The molecule has 1 aliphatic heterocycles. The highest BCUT2D eigenvalue weighted by Crippen LogP contribution is 2.36. The number of anilines is 1. The van der Waals surface area contributed by atoms with Gasteiger partial charge in [0, 0.05) is 11.6 Å². The molecule has 6 nitrogen and oxygen atoms in total. The SMILES string of the molecule is N#Cc1cccc(C[NH+]2CCN(c3ccc(C(F)(F)F)cc3[N+](=O)[O-])CC2)c1. The van der Waals surface area contributed by atoms with Crippen molar-refractivity contribution in [2.45, 2.75) is 12.7 Å². The zero-order valence-corrected chi connectivity index (χ0v) is 14.9. The van der Waals surface area contributed by atoms with E-state index in [4.69, 9.17) is 5.26 Å². The number of nitrogens with zero attached hydrogens (tertiary/aromatic N) is 3. The minimum absolute atomic E-state index is 0.212. The van der Waals surface area contributed by atoms with E-state index in [1.807, 2.05) is 18.2 Å². The fraction of sp³-hybridized carbons (Fsp3) is 0.316. The molecular formula is C19H18F3N4O2+. The lowest BCUT2D eigenvalue weighted by Gasteiger charge is -2.33. The quantitative estimate of drug-likeness (QED) is 0.642. The number of nitro groups is 1. The molecule has 0 bridgehead atoms. The standard InChI is InChI=1S/C19H17F3N4O2/c20-19(21,22)16-4-5-17(18(11-16)26(27)28)25-8-6-24(7-9-25)13-15-3-1-2-14(10-15)12-23/h1-5,10-11H,6-9,13H2/p+1. The summed E-state index contributed by atoms with van der Waals surface area (Å²) in [6.07, 6.45) is -4.62. The molecule has 0 amide bonds. The number of nitro benzene ring substituents is 1. The molecule has 1 N–H and O–H groups in total. The molecule has 1 saturated heterocycles. The van der Waals surface area contributed by atoms with Crippen LogP contribution in [0.2, 0.25) is 0 Å². The van der Waals surface area contributed by atoms with E-state index in [9.17, 15) is 23.3 Å². The summed E-state index contributed by atoms with van der Waals surface area (Å²) in [5, 5.41) is 20.3. The second-order valence-corrected chi connectivity index (χ2v) is 6.68. The van der Waals surface area contributed by atoms with Crippen LogP contribution in [0.25, 0.3) is 0 Å². The van der Waals surface area contributed by atoms with Gasteiger partial charge in [-0.2, -0.15) is 18.4 Å². The molecule has 0 saturated carbocycles. The van der Waals surface area contributed by atoms with Gasteiger partial charge in [-0.15, -0.1) is 0 Å². The first-order valence-corrected chi connectivity index (χ1v) is 8.71. The monoisotopic (exact) mass is 391 g/mol. The van der Waals surface area contributed by atoms with Crippen LogP contribution in [0.15, 0.2) is 42.5 Å². The van der Waals surface area contributed by atoms with Gasteiger partial charge in [0.25, 0.3) is 5.69 Å². The Morgan fingerprint density at radius 2 is 1.89 bits per heavy atom. The Morgan fingerprint density at radius 1 is 1.18 bits per heavy atom. The van der Waals surface area contributed by atoms with Gasteiger partial charge in [0.05, 0.1) is 48.3 Å². The number of hydrogen-bond donors (Lipinski definition) is 1. The van der Waals surface area contributed by atoms with Crippen LogP contribution in [0.3, 0.4) is 0 Å². The van der Waals surface area contributed by atoms with Crippen molar-refractivity contribution in [1.29, 1.82) is 5.26 Å². The predicted molar refractivity (Wildman–Crippen MR) is 95.9 cm³/mol. The third kappa shape index (κ3) is 4.40. The van der Waals surface area contributed by atoms with Crippen LogP contribution in [-0.2, 0) is 12.7 Å². The summed E-state index contributed by atoms with van der Waals surface area (Å²) >= 11 is 0. The summed E-state index contributed by atoms with van der Waals surface area (Å²) in [6.45, 7) is 3.10. The van der Waals surface area contributed by atoms with Crippen LogP contribution in [0, 0.1) is 21.4 Å². The maximum Gasteiger partial charge on any atom is 0.416 e. The number of quaternary nitrogens is 1. The molecule has 3 rings (SSSR count).